The number of anilines is 1. The molecule has 4 atom stereocenters. The van der Waals surface area contributed by atoms with Crippen molar-refractivity contribution in [3.63, 3.8) is 0 Å². The zero-order valence-corrected chi connectivity index (χ0v) is 28.3. The highest BCUT2D eigenvalue weighted by Gasteiger charge is 2.33. The van der Waals surface area contributed by atoms with Gasteiger partial charge in [0.05, 0.1) is 18.6 Å². The summed E-state index contributed by atoms with van der Waals surface area (Å²) in [4.78, 5) is 60.9. The van der Waals surface area contributed by atoms with Gasteiger partial charge < -0.3 is 20.9 Å². The maximum atomic E-state index is 13.4. The number of ether oxygens (including phenoxy) is 1. The van der Waals surface area contributed by atoms with E-state index in [-0.39, 0.29) is 37.0 Å². The van der Waals surface area contributed by atoms with Crippen LogP contribution in [0.15, 0.2) is 29.6 Å². The van der Waals surface area contributed by atoms with Crippen molar-refractivity contribution >= 4 is 40.8 Å². The van der Waals surface area contributed by atoms with Crippen LogP contribution < -0.4 is 11.1 Å². The first-order valence-corrected chi connectivity index (χ1v) is 16.6. The number of nitrogens with zero attached hydrogens (tertiary/aromatic N) is 2. The monoisotopic (exact) mass is 656 g/mol. The van der Waals surface area contributed by atoms with Crippen LogP contribution in [0.25, 0.3) is 0 Å². The van der Waals surface area contributed by atoms with Crippen LogP contribution in [-0.2, 0) is 30.4 Å². The second kappa shape index (κ2) is 19.5. The quantitative estimate of drug-likeness (QED) is 0.0545. The molecule has 2 aromatic rings. The maximum Gasteiger partial charge on any atom is 0.306 e. The summed E-state index contributed by atoms with van der Waals surface area (Å²) >= 11 is 1.17. The van der Waals surface area contributed by atoms with Gasteiger partial charge in [0.15, 0.2) is 6.10 Å². The number of amides is 2. The van der Waals surface area contributed by atoms with E-state index in [0.717, 1.165) is 12.0 Å². The summed E-state index contributed by atoms with van der Waals surface area (Å²) in [5.74, 6) is -0.312. The molecule has 0 saturated heterocycles. The number of aromatic nitrogens is 1. The van der Waals surface area contributed by atoms with Gasteiger partial charge in [-0.05, 0) is 49.3 Å². The lowest BCUT2D eigenvalue weighted by molar-refractivity contribution is -0.210. The third-order valence-corrected chi connectivity index (χ3v) is 8.34. The number of rotatable bonds is 20. The number of carboxylic acid groups (broad SMARTS) is 1. The average molecular weight is 657 g/mol. The standard InChI is InChI=1S/C34H48N4O7S/c1-7-9-11-17-44-38(31(40)12-10-8-2)29(22(3)4)20-30(45-24(6)39)33-37-28(21-46-33)32(41)36-27(18-23(5)34(42)43)19-25-13-15-26(35)16-14-25/h1,13-16,21-23,27,29-30H,8-12,17-20,35H2,2-6H3,(H,36,41)(H,42,43). The fraction of sp³-hybridized carbons (Fsp3) is 0.559. The van der Waals surface area contributed by atoms with Gasteiger partial charge in [0.2, 0.25) is 5.91 Å². The molecule has 252 valence electrons. The van der Waals surface area contributed by atoms with E-state index < -0.39 is 42.0 Å². The topological polar surface area (TPSA) is 161 Å². The molecule has 12 heteroatoms. The van der Waals surface area contributed by atoms with Crippen molar-refractivity contribution in [1.82, 2.24) is 15.4 Å². The number of carbonyl (C=O) groups is 4. The molecule has 0 aliphatic rings. The van der Waals surface area contributed by atoms with Crippen LogP contribution in [0.4, 0.5) is 5.69 Å². The molecule has 1 aromatic heterocycles. The van der Waals surface area contributed by atoms with Crippen LogP contribution in [0.1, 0.15) is 107 Å². The normalized spacial score (nSPS) is 13.7. The zero-order chi connectivity index (χ0) is 34.2. The number of carboxylic acids is 1. The van der Waals surface area contributed by atoms with E-state index in [1.807, 2.05) is 32.9 Å². The molecule has 4 N–H and O–H groups in total. The van der Waals surface area contributed by atoms with Gasteiger partial charge in [-0.1, -0.05) is 46.2 Å². The highest BCUT2D eigenvalue weighted by Crippen LogP contribution is 2.31. The highest BCUT2D eigenvalue weighted by molar-refractivity contribution is 7.09. The Morgan fingerprint density at radius 1 is 1.13 bits per heavy atom. The number of terminal acetylenes is 1. The molecule has 0 aliphatic heterocycles. The van der Waals surface area contributed by atoms with Gasteiger partial charge in [-0.2, -0.15) is 0 Å². The summed E-state index contributed by atoms with van der Waals surface area (Å²) in [5, 5.41) is 15.8. The summed E-state index contributed by atoms with van der Waals surface area (Å²) < 4.78 is 5.69. The first kappa shape index (κ1) is 38.2. The lowest BCUT2D eigenvalue weighted by Gasteiger charge is -2.35. The second-order valence-corrected chi connectivity index (χ2v) is 12.7. The van der Waals surface area contributed by atoms with Gasteiger partial charge in [0, 0.05) is 43.3 Å². The Morgan fingerprint density at radius 2 is 1.83 bits per heavy atom. The Bertz CT molecular complexity index is 1320. The minimum Gasteiger partial charge on any atom is -0.481 e. The number of benzene rings is 1. The van der Waals surface area contributed by atoms with Crippen LogP contribution in [0.5, 0.6) is 0 Å². The summed E-state index contributed by atoms with van der Waals surface area (Å²) in [7, 11) is 0. The highest BCUT2D eigenvalue weighted by atomic mass is 32.1. The Hall–Kier alpha value is -3.95. The number of hydrogen-bond acceptors (Lipinski definition) is 9. The summed E-state index contributed by atoms with van der Waals surface area (Å²) in [6.45, 7) is 9.08. The van der Waals surface area contributed by atoms with Gasteiger partial charge in [-0.25, -0.2) is 10.0 Å². The molecule has 0 bridgehead atoms. The predicted octanol–water partition coefficient (Wildman–Crippen LogP) is 5.56. The summed E-state index contributed by atoms with van der Waals surface area (Å²) in [6.07, 6.45) is 8.31. The van der Waals surface area contributed by atoms with Crippen molar-refractivity contribution in [2.24, 2.45) is 11.8 Å². The van der Waals surface area contributed by atoms with E-state index in [2.05, 4.69) is 16.2 Å². The summed E-state index contributed by atoms with van der Waals surface area (Å²) in [5.41, 5.74) is 7.41. The van der Waals surface area contributed by atoms with Crippen molar-refractivity contribution in [3.8, 4) is 12.3 Å². The second-order valence-electron chi connectivity index (χ2n) is 11.8. The number of nitrogens with two attached hydrogens (primary N) is 1. The first-order chi connectivity index (χ1) is 21.9. The van der Waals surface area contributed by atoms with Crippen LogP contribution in [0, 0.1) is 24.2 Å². The molecular formula is C34H48N4O7S. The van der Waals surface area contributed by atoms with E-state index in [0.29, 0.717) is 42.8 Å². The molecule has 0 radical (unpaired) electrons. The van der Waals surface area contributed by atoms with Gasteiger partial charge in [0.1, 0.15) is 10.7 Å². The average Bonchev–Trinajstić information content (AvgIpc) is 3.50. The largest absolute Gasteiger partial charge is 0.481 e. The van der Waals surface area contributed by atoms with Gasteiger partial charge in [-0.3, -0.25) is 24.0 Å². The maximum absolute atomic E-state index is 13.4. The Kier molecular flexibility index (Phi) is 16.2. The predicted molar refractivity (Wildman–Crippen MR) is 177 cm³/mol. The number of nitrogens with one attached hydrogen (secondary N) is 1. The number of hydrogen-bond donors (Lipinski definition) is 3. The molecule has 0 aliphatic carbocycles. The first-order valence-electron chi connectivity index (χ1n) is 15.7. The molecule has 1 aromatic carbocycles. The van der Waals surface area contributed by atoms with Crippen LogP contribution in [0.2, 0.25) is 0 Å². The lowest BCUT2D eigenvalue weighted by atomic mass is 9.96. The van der Waals surface area contributed by atoms with Crippen molar-refractivity contribution in [2.75, 3.05) is 12.3 Å². The molecule has 2 rings (SSSR count). The number of hydroxylamine groups is 2. The van der Waals surface area contributed by atoms with E-state index >= 15 is 0 Å². The minimum absolute atomic E-state index is 0.0654. The van der Waals surface area contributed by atoms with Gasteiger partial charge in [0.25, 0.3) is 5.91 Å². The van der Waals surface area contributed by atoms with E-state index in [1.165, 1.54) is 23.3 Å². The third kappa shape index (κ3) is 12.8. The number of thiazole rings is 1. The number of unbranched alkanes of at least 4 members (excludes halogenated alkanes) is 2. The molecule has 11 nitrogen and oxygen atoms in total. The van der Waals surface area contributed by atoms with Crippen molar-refractivity contribution in [2.45, 2.75) is 104 Å². The molecule has 4 unspecified atom stereocenters. The Labute approximate surface area is 276 Å². The van der Waals surface area contributed by atoms with Crippen molar-refractivity contribution in [3.05, 3.63) is 45.9 Å². The minimum atomic E-state index is -0.960. The fourth-order valence-corrected chi connectivity index (χ4v) is 5.68. The van der Waals surface area contributed by atoms with Crippen LogP contribution >= 0.6 is 11.3 Å². The number of aliphatic carboxylic acids is 1. The van der Waals surface area contributed by atoms with Gasteiger partial charge >= 0.3 is 11.9 Å². The lowest BCUT2D eigenvalue weighted by Crippen LogP contribution is -2.44. The molecule has 0 saturated carbocycles. The van der Waals surface area contributed by atoms with E-state index in [4.69, 9.17) is 21.7 Å². The van der Waals surface area contributed by atoms with Crippen LogP contribution in [-0.4, -0.2) is 57.6 Å². The molecule has 0 spiro atoms. The van der Waals surface area contributed by atoms with Gasteiger partial charge in [-0.15, -0.1) is 23.7 Å². The van der Waals surface area contributed by atoms with Crippen molar-refractivity contribution < 1.29 is 33.9 Å². The van der Waals surface area contributed by atoms with Crippen LogP contribution in [0.3, 0.4) is 0 Å². The summed E-state index contributed by atoms with van der Waals surface area (Å²) in [6, 6.07) is 6.23. The molecule has 0 fully saturated rings. The third-order valence-electron chi connectivity index (χ3n) is 7.41. The molecule has 46 heavy (non-hydrogen) atoms. The Balaban J connectivity index is 2.31. The van der Waals surface area contributed by atoms with E-state index in [9.17, 15) is 24.3 Å². The van der Waals surface area contributed by atoms with E-state index in [1.54, 1.807) is 24.4 Å². The smallest absolute Gasteiger partial charge is 0.306 e. The number of esters is 1. The molecule has 1 heterocycles. The number of carbonyl (C=O) groups excluding carboxylic acids is 3. The fourth-order valence-electron chi connectivity index (χ4n) is 4.84. The molecular weight excluding hydrogens is 608 g/mol. The van der Waals surface area contributed by atoms with Crippen molar-refractivity contribution in [1.29, 1.82) is 0 Å². The zero-order valence-electron chi connectivity index (χ0n) is 27.5. The SMILES string of the molecule is C#CCCCON(C(=O)CCCC)C(CC(OC(C)=O)c1nc(C(=O)NC(Cc2ccc(N)cc2)CC(C)C(=O)O)cs1)C(C)C. The Morgan fingerprint density at radius 3 is 2.41 bits per heavy atom. The molecule has 2 amide bonds. The number of nitrogen functional groups attached to an aromatic ring is 1.